The van der Waals surface area contributed by atoms with Crippen molar-refractivity contribution >= 4 is 29.0 Å². The Morgan fingerprint density at radius 2 is 1.40 bits per heavy atom. The Balaban J connectivity index is 1.48. The smallest absolute Gasteiger partial charge is 0.223 e. The van der Waals surface area contributed by atoms with Gasteiger partial charge < -0.3 is 14.8 Å². The minimum absolute atomic E-state index is 0.0394. The SMILES string of the molecule is COc1ccc(C[C@H](NC(=O)[C@H](C)CC(=O)CN2CCOCC2)C(=O)C[C@@H](Cc2ccccc2)C(=O)C(=O)CCc2ccccc2)cc1. The topological polar surface area (TPSA) is 119 Å². The number of carbonyl (C=O) groups is 5. The van der Waals surface area contributed by atoms with E-state index in [-0.39, 0.29) is 50.2 Å². The van der Waals surface area contributed by atoms with Crippen molar-refractivity contribution in [1.29, 1.82) is 0 Å². The molecule has 9 heteroatoms. The van der Waals surface area contributed by atoms with E-state index in [9.17, 15) is 24.0 Å². The van der Waals surface area contributed by atoms with Gasteiger partial charge in [-0.15, -0.1) is 0 Å². The van der Waals surface area contributed by atoms with Crippen LogP contribution in [0.2, 0.25) is 0 Å². The highest BCUT2D eigenvalue weighted by atomic mass is 16.5. The number of benzene rings is 3. The first-order valence-electron chi connectivity index (χ1n) is 16.6. The van der Waals surface area contributed by atoms with Crippen LogP contribution in [0, 0.1) is 11.8 Å². The highest BCUT2D eigenvalue weighted by molar-refractivity contribution is 6.38. The molecule has 48 heavy (non-hydrogen) atoms. The number of hydrogen-bond donors (Lipinski definition) is 1. The molecular formula is C39H46N2O7. The Hall–Kier alpha value is -4.47. The van der Waals surface area contributed by atoms with Crippen molar-refractivity contribution in [3.8, 4) is 5.75 Å². The van der Waals surface area contributed by atoms with Gasteiger partial charge in [0.25, 0.3) is 0 Å². The van der Waals surface area contributed by atoms with Crippen molar-refractivity contribution in [3.63, 3.8) is 0 Å². The van der Waals surface area contributed by atoms with Crippen molar-refractivity contribution < 1.29 is 33.4 Å². The van der Waals surface area contributed by atoms with Gasteiger partial charge >= 0.3 is 0 Å². The molecule has 0 saturated carbocycles. The summed E-state index contributed by atoms with van der Waals surface area (Å²) in [7, 11) is 1.56. The number of nitrogens with zero attached hydrogens (tertiary/aromatic N) is 1. The fourth-order valence-corrected chi connectivity index (χ4v) is 5.86. The predicted octanol–water partition coefficient (Wildman–Crippen LogP) is 4.24. The maximum atomic E-state index is 14.0. The number of carbonyl (C=O) groups excluding carboxylic acids is 5. The average Bonchev–Trinajstić information content (AvgIpc) is 3.11. The molecule has 3 aromatic carbocycles. The van der Waals surface area contributed by atoms with Crippen molar-refractivity contribution in [2.24, 2.45) is 11.8 Å². The highest BCUT2D eigenvalue weighted by Gasteiger charge is 2.32. The number of aryl methyl sites for hydroxylation is 1. The molecule has 4 rings (SSSR count). The lowest BCUT2D eigenvalue weighted by Gasteiger charge is -2.26. The minimum Gasteiger partial charge on any atom is -0.497 e. The van der Waals surface area contributed by atoms with Crippen molar-refractivity contribution in [3.05, 3.63) is 102 Å². The van der Waals surface area contributed by atoms with Gasteiger partial charge in [-0.3, -0.25) is 28.9 Å². The lowest BCUT2D eigenvalue weighted by Crippen LogP contribution is -2.46. The van der Waals surface area contributed by atoms with Crippen LogP contribution in [-0.2, 0) is 48.0 Å². The summed E-state index contributed by atoms with van der Waals surface area (Å²) in [6.07, 6.45) is 0.698. The fourth-order valence-electron chi connectivity index (χ4n) is 5.86. The Labute approximate surface area is 283 Å². The van der Waals surface area contributed by atoms with Gasteiger partial charge in [0.15, 0.2) is 11.6 Å². The van der Waals surface area contributed by atoms with Crippen LogP contribution in [0.1, 0.15) is 42.9 Å². The summed E-state index contributed by atoms with van der Waals surface area (Å²) in [5, 5.41) is 2.88. The number of hydrogen-bond acceptors (Lipinski definition) is 8. The quantitative estimate of drug-likeness (QED) is 0.191. The Kier molecular flexibility index (Phi) is 14.2. The first kappa shape index (κ1) is 36.4. The van der Waals surface area contributed by atoms with Gasteiger partial charge in [0, 0.05) is 44.2 Å². The van der Waals surface area contributed by atoms with E-state index in [1.54, 1.807) is 26.2 Å². The number of amides is 1. The van der Waals surface area contributed by atoms with Crippen LogP contribution < -0.4 is 10.1 Å². The third-order valence-corrected chi connectivity index (χ3v) is 8.69. The molecule has 0 bridgehead atoms. The second-order valence-electron chi connectivity index (χ2n) is 12.5. The number of rotatable bonds is 19. The molecule has 0 spiro atoms. The van der Waals surface area contributed by atoms with E-state index in [4.69, 9.17) is 9.47 Å². The minimum atomic E-state index is -0.965. The molecule has 1 aliphatic rings. The van der Waals surface area contributed by atoms with Gasteiger partial charge in [-0.1, -0.05) is 79.7 Å². The molecule has 1 fully saturated rings. The molecule has 254 valence electrons. The molecule has 0 radical (unpaired) electrons. The van der Waals surface area contributed by atoms with Gasteiger partial charge in [-0.05, 0) is 48.1 Å². The zero-order valence-electron chi connectivity index (χ0n) is 27.9. The summed E-state index contributed by atoms with van der Waals surface area (Å²) in [6.45, 7) is 4.41. The highest BCUT2D eigenvalue weighted by Crippen LogP contribution is 2.20. The van der Waals surface area contributed by atoms with Crippen LogP contribution in [0.5, 0.6) is 5.75 Å². The molecule has 0 aromatic heterocycles. The molecule has 0 aliphatic carbocycles. The van der Waals surface area contributed by atoms with Gasteiger partial charge in [0.1, 0.15) is 11.5 Å². The van der Waals surface area contributed by atoms with E-state index in [2.05, 4.69) is 5.32 Å². The number of morpholine rings is 1. The average molecular weight is 655 g/mol. The van der Waals surface area contributed by atoms with Crippen molar-refractivity contribution in [2.45, 2.75) is 51.5 Å². The summed E-state index contributed by atoms with van der Waals surface area (Å²) in [6, 6.07) is 25.0. The summed E-state index contributed by atoms with van der Waals surface area (Å²) >= 11 is 0. The first-order valence-corrected chi connectivity index (χ1v) is 16.6. The standard InChI is InChI=1S/C39H46N2O7/c1-28(23-33(42)27-41-19-21-48-22-20-41)39(46)40-35(25-31-13-16-34(47-2)17-14-31)37(44)26-32(24-30-11-7-4-8-12-30)38(45)36(43)18-15-29-9-5-3-6-10-29/h3-14,16-17,28,32,35H,15,18-27H2,1-2H3,(H,40,46)/t28-,32-,35+/m1/s1. The maximum Gasteiger partial charge on any atom is 0.223 e. The molecule has 1 amide bonds. The number of methoxy groups -OCH3 is 1. The van der Waals surface area contributed by atoms with E-state index in [0.717, 1.165) is 16.7 Å². The largest absolute Gasteiger partial charge is 0.497 e. The molecule has 1 heterocycles. The fraction of sp³-hybridized carbons (Fsp3) is 0.410. The first-order chi connectivity index (χ1) is 23.2. The molecule has 1 saturated heterocycles. The molecule has 0 unspecified atom stereocenters. The van der Waals surface area contributed by atoms with E-state index in [0.29, 0.717) is 38.5 Å². The Morgan fingerprint density at radius 3 is 2.02 bits per heavy atom. The number of ketones is 4. The summed E-state index contributed by atoms with van der Waals surface area (Å²) in [4.78, 5) is 69.1. The second-order valence-corrected chi connectivity index (χ2v) is 12.5. The normalized spacial score (nSPS) is 15.1. The van der Waals surface area contributed by atoms with E-state index in [1.807, 2.05) is 77.7 Å². The van der Waals surface area contributed by atoms with Gasteiger partial charge in [-0.25, -0.2) is 0 Å². The second kappa shape index (κ2) is 18.8. The van der Waals surface area contributed by atoms with Gasteiger partial charge in [0.2, 0.25) is 11.7 Å². The van der Waals surface area contributed by atoms with Crippen LogP contribution >= 0.6 is 0 Å². The van der Waals surface area contributed by atoms with E-state index in [1.165, 1.54) is 0 Å². The Morgan fingerprint density at radius 1 is 0.792 bits per heavy atom. The van der Waals surface area contributed by atoms with Crippen LogP contribution in [0.3, 0.4) is 0 Å². The van der Waals surface area contributed by atoms with Crippen LogP contribution in [0.25, 0.3) is 0 Å². The number of nitrogens with one attached hydrogen (secondary N) is 1. The van der Waals surface area contributed by atoms with Crippen LogP contribution in [0.15, 0.2) is 84.9 Å². The van der Waals surface area contributed by atoms with Gasteiger partial charge in [0.05, 0.1) is 32.9 Å². The number of Topliss-reactive ketones (excluding diaryl/α,β-unsaturated/α-hetero) is 4. The predicted molar refractivity (Wildman–Crippen MR) is 183 cm³/mol. The zero-order valence-corrected chi connectivity index (χ0v) is 27.9. The monoisotopic (exact) mass is 654 g/mol. The summed E-state index contributed by atoms with van der Waals surface area (Å²) in [5.74, 6) is -2.81. The third kappa shape index (κ3) is 11.6. The zero-order chi connectivity index (χ0) is 34.3. The lowest BCUT2D eigenvalue weighted by molar-refractivity contribution is -0.140. The van der Waals surface area contributed by atoms with Crippen LogP contribution in [0.4, 0.5) is 0 Å². The molecule has 3 aromatic rings. The summed E-state index contributed by atoms with van der Waals surface area (Å²) < 4.78 is 10.6. The van der Waals surface area contributed by atoms with Crippen molar-refractivity contribution in [2.75, 3.05) is 40.0 Å². The molecule has 1 aliphatic heterocycles. The third-order valence-electron chi connectivity index (χ3n) is 8.69. The molecule has 9 nitrogen and oxygen atoms in total. The maximum absolute atomic E-state index is 14.0. The Bertz CT molecular complexity index is 1500. The molecule has 1 N–H and O–H groups in total. The number of ether oxygens (including phenoxy) is 2. The van der Waals surface area contributed by atoms with Gasteiger partial charge in [-0.2, -0.15) is 0 Å². The molecular weight excluding hydrogens is 608 g/mol. The molecule has 3 atom stereocenters. The van der Waals surface area contributed by atoms with E-state index >= 15 is 0 Å². The van der Waals surface area contributed by atoms with Crippen LogP contribution in [-0.4, -0.2) is 79.9 Å². The summed E-state index contributed by atoms with van der Waals surface area (Å²) in [5.41, 5.74) is 2.58. The van der Waals surface area contributed by atoms with Crippen molar-refractivity contribution in [1.82, 2.24) is 10.2 Å². The lowest BCUT2D eigenvalue weighted by atomic mass is 9.85. The van der Waals surface area contributed by atoms with E-state index < -0.39 is 35.4 Å².